The van der Waals surface area contributed by atoms with Crippen molar-refractivity contribution in [2.24, 2.45) is 0 Å². The van der Waals surface area contributed by atoms with Crippen molar-refractivity contribution >= 4 is 11.8 Å². The zero-order valence-electron chi connectivity index (χ0n) is 10.2. The van der Waals surface area contributed by atoms with E-state index in [2.05, 4.69) is 25.8 Å². The van der Waals surface area contributed by atoms with Gasteiger partial charge in [0.05, 0.1) is 6.54 Å². The van der Waals surface area contributed by atoms with Crippen LogP contribution in [0, 0.1) is 6.92 Å². The zero-order valence-corrected chi connectivity index (χ0v) is 10.2. The maximum atomic E-state index is 11.8. The van der Waals surface area contributed by atoms with Gasteiger partial charge >= 0.3 is 0 Å². The van der Waals surface area contributed by atoms with Gasteiger partial charge in [-0.1, -0.05) is 0 Å². The number of carbonyl (C=O) groups excluding carboxylic acids is 2. The van der Waals surface area contributed by atoms with E-state index in [1.165, 1.54) is 0 Å². The molecule has 1 aromatic rings. The molecule has 8 heteroatoms. The minimum absolute atomic E-state index is 0.0214. The van der Waals surface area contributed by atoms with E-state index >= 15 is 0 Å². The van der Waals surface area contributed by atoms with Gasteiger partial charge in [-0.15, -0.1) is 5.10 Å². The van der Waals surface area contributed by atoms with Crippen molar-refractivity contribution in [2.45, 2.75) is 6.92 Å². The van der Waals surface area contributed by atoms with Gasteiger partial charge in [0.15, 0.2) is 0 Å². The SMILES string of the molecule is Cc1nc(C(=O)NCC(=O)N2CCNCC2)n[nH]1. The molecule has 0 saturated carbocycles. The van der Waals surface area contributed by atoms with Crippen molar-refractivity contribution in [3.63, 3.8) is 0 Å². The molecule has 98 valence electrons. The van der Waals surface area contributed by atoms with Gasteiger partial charge in [-0.05, 0) is 6.92 Å². The summed E-state index contributed by atoms with van der Waals surface area (Å²) in [5.41, 5.74) is 0. The summed E-state index contributed by atoms with van der Waals surface area (Å²) in [4.78, 5) is 29.0. The Balaban J connectivity index is 1.80. The van der Waals surface area contributed by atoms with Crippen molar-refractivity contribution < 1.29 is 9.59 Å². The lowest BCUT2D eigenvalue weighted by Crippen LogP contribution is -2.49. The van der Waals surface area contributed by atoms with E-state index in [9.17, 15) is 9.59 Å². The Kier molecular flexibility index (Phi) is 3.88. The fraction of sp³-hybridized carbons (Fsp3) is 0.600. The van der Waals surface area contributed by atoms with Crippen LogP contribution in [-0.2, 0) is 4.79 Å². The number of aromatic amines is 1. The maximum Gasteiger partial charge on any atom is 0.291 e. The fourth-order valence-electron chi connectivity index (χ4n) is 1.71. The van der Waals surface area contributed by atoms with Crippen molar-refractivity contribution in [1.82, 2.24) is 30.7 Å². The lowest BCUT2D eigenvalue weighted by atomic mass is 10.3. The van der Waals surface area contributed by atoms with E-state index in [1.807, 2.05) is 0 Å². The number of rotatable bonds is 3. The second-order valence-corrected chi connectivity index (χ2v) is 4.06. The average Bonchev–Trinajstić information content (AvgIpc) is 2.83. The van der Waals surface area contributed by atoms with Crippen LogP contribution in [0.3, 0.4) is 0 Å². The molecule has 18 heavy (non-hydrogen) atoms. The highest BCUT2D eigenvalue weighted by molar-refractivity contribution is 5.93. The summed E-state index contributed by atoms with van der Waals surface area (Å²) < 4.78 is 0. The van der Waals surface area contributed by atoms with E-state index in [4.69, 9.17) is 0 Å². The lowest BCUT2D eigenvalue weighted by molar-refractivity contribution is -0.130. The Bertz CT molecular complexity index is 437. The third-order valence-corrected chi connectivity index (χ3v) is 2.67. The molecule has 8 nitrogen and oxygen atoms in total. The summed E-state index contributed by atoms with van der Waals surface area (Å²) in [5.74, 6) is 0.0918. The first-order valence-electron chi connectivity index (χ1n) is 5.82. The maximum absolute atomic E-state index is 11.8. The highest BCUT2D eigenvalue weighted by Gasteiger charge is 2.18. The number of piperazine rings is 1. The molecule has 0 aliphatic carbocycles. The first-order valence-corrected chi connectivity index (χ1v) is 5.82. The molecular weight excluding hydrogens is 236 g/mol. The van der Waals surface area contributed by atoms with E-state index < -0.39 is 5.91 Å². The number of hydrogen-bond acceptors (Lipinski definition) is 5. The van der Waals surface area contributed by atoms with Crippen LogP contribution in [0.25, 0.3) is 0 Å². The molecule has 0 spiro atoms. The van der Waals surface area contributed by atoms with E-state index in [0.29, 0.717) is 18.9 Å². The molecule has 2 rings (SSSR count). The first kappa shape index (κ1) is 12.5. The number of carbonyl (C=O) groups is 2. The minimum Gasteiger partial charge on any atom is -0.340 e. The first-order chi connectivity index (χ1) is 8.66. The fourth-order valence-corrected chi connectivity index (χ4v) is 1.71. The molecular formula is C10H16N6O2. The second-order valence-electron chi connectivity index (χ2n) is 4.06. The van der Waals surface area contributed by atoms with Crippen molar-refractivity contribution in [1.29, 1.82) is 0 Å². The van der Waals surface area contributed by atoms with Crippen LogP contribution < -0.4 is 10.6 Å². The number of nitrogens with one attached hydrogen (secondary N) is 3. The van der Waals surface area contributed by atoms with Crippen molar-refractivity contribution in [3.05, 3.63) is 11.6 Å². The third kappa shape index (κ3) is 3.04. The molecule has 1 fully saturated rings. The molecule has 2 heterocycles. The quantitative estimate of drug-likeness (QED) is 0.593. The predicted octanol–water partition coefficient (Wildman–Crippen LogP) is -1.73. The molecule has 1 aliphatic heterocycles. The van der Waals surface area contributed by atoms with Gasteiger partial charge in [0.1, 0.15) is 5.82 Å². The largest absolute Gasteiger partial charge is 0.340 e. The Morgan fingerprint density at radius 1 is 1.39 bits per heavy atom. The molecule has 0 bridgehead atoms. The van der Waals surface area contributed by atoms with Gasteiger partial charge in [0, 0.05) is 26.2 Å². The van der Waals surface area contributed by atoms with Gasteiger partial charge in [0.2, 0.25) is 11.7 Å². The minimum atomic E-state index is -0.442. The molecule has 0 atom stereocenters. The van der Waals surface area contributed by atoms with Crippen molar-refractivity contribution in [2.75, 3.05) is 32.7 Å². The van der Waals surface area contributed by atoms with E-state index in [-0.39, 0.29) is 18.3 Å². The summed E-state index contributed by atoms with van der Waals surface area (Å²) >= 11 is 0. The Morgan fingerprint density at radius 2 is 2.11 bits per heavy atom. The molecule has 0 unspecified atom stereocenters. The molecule has 0 aromatic carbocycles. The van der Waals surface area contributed by atoms with Crippen LogP contribution in [0.15, 0.2) is 0 Å². The average molecular weight is 252 g/mol. The summed E-state index contributed by atoms with van der Waals surface area (Å²) in [6.07, 6.45) is 0. The Labute approximate surface area is 104 Å². The topological polar surface area (TPSA) is 103 Å². The predicted molar refractivity (Wildman–Crippen MR) is 62.9 cm³/mol. The summed E-state index contributed by atoms with van der Waals surface area (Å²) in [5, 5.41) is 12.0. The number of aryl methyl sites for hydroxylation is 1. The van der Waals surface area contributed by atoms with Gasteiger partial charge in [-0.2, -0.15) is 0 Å². The van der Waals surface area contributed by atoms with Crippen LogP contribution in [0.1, 0.15) is 16.4 Å². The second kappa shape index (κ2) is 5.58. The summed E-state index contributed by atoms with van der Waals surface area (Å²) in [7, 11) is 0. The highest BCUT2D eigenvalue weighted by atomic mass is 16.2. The van der Waals surface area contributed by atoms with Crippen molar-refractivity contribution in [3.8, 4) is 0 Å². The molecule has 2 amide bonds. The Morgan fingerprint density at radius 3 is 2.72 bits per heavy atom. The van der Waals surface area contributed by atoms with Crippen LogP contribution in [-0.4, -0.2) is 64.6 Å². The molecule has 1 aliphatic rings. The van der Waals surface area contributed by atoms with Crippen LogP contribution in [0.2, 0.25) is 0 Å². The van der Waals surface area contributed by atoms with Gasteiger partial charge in [-0.3, -0.25) is 14.7 Å². The van der Waals surface area contributed by atoms with Gasteiger partial charge in [-0.25, -0.2) is 4.98 Å². The highest BCUT2D eigenvalue weighted by Crippen LogP contribution is 1.94. The zero-order chi connectivity index (χ0) is 13.0. The molecule has 1 aromatic heterocycles. The molecule has 0 radical (unpaired) electrons. The van der Waals surface area contributed by atoms with E-state index in [0.717, 1.165) is 13.1 Å². The van der Waals surface area contributed by atoms with Gasteiger partial charge < -0.3 is 15.5 Å². The molecule has 3 N–H and O–H groups in total. The third-order valence-electron chi connectivity index (χ3n) is 2.67. The summed E-state index contributed by atoms with van der Waals surface area (Å²) in [6.45, 7) is 4.62. The lowest BCUT2D eigenvalue weighted by Gasteiger charge is -2.27. The molecule has 1 saturated heterocycles. The van der Waals surface area contributed by atoms with Gasteiger partial charge in [0.25, 0.3) is 5.91 Å². The van der Waals surface area contributed by atoms with Crippen LogP contribution in [0.5, 0.6) is 0 Å². The summed E-state index contributed by atoms with van der Waals surface area (Å²) in [6, 6.07) is 0. The Hall–Kier alpha value is -1.96. The monoisotopic (exact) mass is 252 g/mol. The van der Waals surface area contributed by atoms with Crippen LogP contribution in [0.4, 0.5) is 0 Å². The van der Waals surface area contributed by atoms with E-state index in [1.54, 1.807) is 11.8 Å². The smallest absolute Gasteiger partial charge is 0.291 e. The number of amides is 2. The number of nitrogens with zero attached hydrogens (tertiary/aromatic N) is 3. The number of aromatic nitrogens is 3. The number of hydrogen-bond donors (Lipinski definition) is 3. The standard InChI is InChI=1S/C10H16N6O2/c1-7-13-9(15-14-7)10(18)12-6-8(17)16-4-2-11-3-5-16/h11H,2-6H2,1H3,(H,12,18)(H,13,14,15). The normalized spacial score (nSPS) is 15.5. The number of H-pyrrole nitrogens is 1. The van der Waals surface area contributed by atoms with Crippen LogP contribution >= 0.6 is 0 Å².